The van der Waals surface area contributed by atoms with Crippen LogP contribution in [0.25, 0.3) is 0 Å². The highest BCUT2D eigenvalue weighted by molar-refractivity contribution is 9.10. The zero-order chi connectivity index (χ0) is 12.4. The van der Waals surface area contributed by atoms with Crippen LogP contribution in [-0.2, 0) is 17.6 Å². The van der Waals surface area contributed by atoms with Crippen LogP contribution in [0.5, 0.6) is 0 Å². The van der Waals surface area contributed by atoms with Crippen LogP contribution >= 0.6 is 15.9 Å². The molecule has 1 heterocycles. The predicted molar refractivity (Wildman–Crippen MR) is 75.3 cm³/mol. The third kappa shape index (κ3) is 3.11. The fourth-order valence-corrected chi connectivity index (χ4v) is 3.18. The molecule has 0 amide bonds. The van der Waals surface area contributed by atoms with E-state index in [0.29, 0.717) is 18.1 Å². The number of hydrogen-bond acceptors (Lipinski definition) is 1. The topological polar surface area (TPSA) is 12.5 Å². The third-order valence-electron chi connectivity index (χ3n) is 3.64. The standard InChI is InChI=1S/C15H21BrO/c1-4-12-7-6-11(9-13(12)16)8-10(3)15-14(5-2)17-15/h6-7,9-10,14-15H,4-5,8H2,1-3H3. The summed E-state index contributed by atoms with van der Waals surface area (Å²) in [5, 5.41) is 0. The number of benzene rings is 1. The summed E-state index contributed by atoms with van der Waals surface area (Å²) in [7, 11) is 0. The molecule has 1 aliphatic rings. The minimum absolute atomic E-state index is 0.490. The second-order valence-corrected chi connectivity index (χ2v) is 5.86. The van der Waals surface area contributed by atoms with Crippen molar-refractivity contribution in [3.8, 4) is 0 Å². The average Bonchev–Trinajstić information content (AvgIpc) is 3.08. The maximum absolute atomic E-state index is 5.66. The van der Waals surface area contributed by atoms with Gasteiger partial charge in [-0.2, -0.15) is 0 Å². The molecule has 0 spiro atoms. The monoisotopic (exact) mass is 296 g/mol. The second-order valence-electron chi connectivity index (χ2n) is 5.01. The molecule has 0 aromatic heterocycles. The first kappa shape index (κ1) is 13.1. The SMILES string of the molecule is CCc1ccc(CC(C)C2OC2CC)cc1Br. The van der Waals surface area contributed by atoms with Gasteiger partial charge in [0, 0.05) is 4.47 Å². The van der Waals surface area contributed by atoms with Crippen LogP contribution in [-0.4, -0.2) is 12.2 Å². The van der Waals surface area contributed by atoms with Crippen LogP contribution < -0.4 is 0 Å². The Balaban J connectivity index is 1.97. The smallest absolute Gasteiger partial charge is 0.0870 e. The highest BCUT2D eigenvalue weighted by Crippen LogP contribution is 2.34. The van der Waals surface area contributed by atoms with Gasteiger partial charge in [0.2, 0.25) is 0 Å². The van der Waals surface area contributed by atoms with Crippen molar-refractivity contribution >= 4 is 15.9 Å². The number of epoxide rings is 1. The molecule has 1 saturated heterocycles. The van der Waals surface area contributed by atoms with E-state index < -0.39 is 0 Å². The van der Waals surface area contributed by atoms with E-state index in [4.69, 9.17) is 4.74 Å². The lowest BCUT2D eigenvalue weighted by atomic mass is 9.95. The molecule has 1 nitrogen and oxygen atoms in total. The van der Waals surface area contributed by atoms with Gasteiger partial charge >= 0.3 is 0 Å². The van der Waals surface area contributed by atoms with Gasteiger partial charge in [-0.25, -0.2) is 0 Å². The Kier molecular flexibility index (Phi) is 4.26. The van der Waals surface area contributed by atoms with Crippen LogP contribution in [0, 0.1) is 5.92 Å². The molecule has 2 rings (SSSR count). The lowest BCUT2D eigenvalue weighted by Gasteiger charge is -2.10. The maximum Gasteiger partial charge on any atom is 0.0870 e. The molecule has 1 fully saturated rings. The average molecular weight is 297 g/mol. The normalized spacial score (nSPS) is 24.7. The van der Waals surface area contributed by atoms with Gasteiger partial charge in [0.25, 0.3) is 0 Å². The van der Waals surface area contributed by atoms with E-state index in [1.54, 1.807) is 0 Å². The van der Waals surface area contributed by atoms with Crippen molar-refractivity contribution in [2.24, 2.45) is 5.92 Å². The van der Waals surface area contributed by atoms with Gasteiger partial charge < -0.3 is 4.74 Å². The number of rotatable bonds is 5. The molecule has 0 N–H and O–H groups in total. The van der Waals surface area contributed by atoms with Crippen molar-refractivity contribution in [3.63, 3.8) is 0 Å². The van der Waals surface area contributed by atoms with Gasteiger partial charge in [-0.05, 0) is 42.4 Å². The highest BCUT2D eigenvalue weighted by atomic mass is 79.9. The van der Waals surface area contributed by atoms with E-state index >= 15 is 0 Å². The molecular formula is C15H21BrO. The molecule has 1 aromatic carbocycles. The summed E-state index contributed by atoms with van der Waals surface area (Å²) in [5.41, 5.74) is 2.79. The summed E-state index contributed by atoms with van der Waals surface area (Å²) in [6, 6.07) is 6.75. The quantitative estimate of drug-likeness (QED) is 0.735. The number of ether oxygens (including phenoxy) is 1. The molecule has 1 aromatic rings. The third-order valence-corrected chi connectivity index (χ3v) is 4.38. The first-order chi connectivity index (χ1) is 8.15. The van der Waals surface area contributed by atoms with Gasteiger partial charge in [0.15, 0.2) is 0 Å². The fraction of sp³-hybridized carbons (Fsp3) is 0.600. The van der Waals surface area contributed by atoms with Crippen molar-refractivity contribution in [2.45, 2.75) is 52.2 Å². The van der Waals surface area contributed by atoms with E-state index in [1.807, 2.05) is 0 Å². The van der Waals surface area contributed by atoms with Gasteiger partial charge in [-0.15, -0.1) is 0 Å². The summed E-state index contributed by atoms with van der Waals surface area (Å²) < 4.78 is 6.91. The molecule has 3 atom stereocenters. The molecular weight excluding hydrogens is 276 g/mol. The Morgan fingerprint density at radius 2 is 2.12 bits per heavy atom. The van der Waals surface area contributed by atoms with Crippen molar-refractivity contribution < 1.29 is 4.74 Å². The van der Waals surface area contributed by atoms with E-state index in [2.05, 4.69) is 54.9 Å². The Morgan fingerprint density at radius 3 is 2.65 bits per heavy atom. The molecule has 0 aliphatic carbocycles. The molecule has 3 unspecified atom stereocenters. The van der Waals surface area contributed by atoms with E-state index in [-0.39, 0.29) is 0 Å². The van der Waals surface area contributed by atoms with E-state index in [0.717, 1.165) is 19.3 Å². The Bertz CT molecular complexity index is 389. The molecule has 94 valence electrons. The first-order valence-corrected chi connectivity index (χ1v) is 7.37. The minimum Gasteiger partial charge on any atom is -0.369 e. The lowest BCUT2D eigenvalue weighted by Crippen LogP contribution is -2.10. The summed E-state index contributed by atoms with van der Waals surface area (Å²) in [5.74, 6) is 0.624. The zero-order valence-corrected chi connectivity index (χ0v) is 12.5. The van der Waals surface area contributed by atoms with Crippen LogP contribution in [0.1, 0.15) is 38.3 Å². The van der Waals surface area contributed by atoms with E-state index in [1.165, 1.54) is 15.6 Å². The maximum atomic E-state index is 5.66. The van der Waals surface area contributed by atoms with Crippen molar-refractivity contribution in [1.29, 1.82) is 0 Å². The van der Waals surface area contributed by atoms with Gasteiger partial charge in [-0.1, -0.05) is 48.8 Å². The molecule has 0 radical (unpaired) electrons. The first-order valence-electron chi connectivity index (χ1n) is 6.58. The van der Waals surface area contributed by atoms with Gasteiger partial charge in [-0.3, -0.25) is 0 Å². The van der Waals surface area contributed by atoms with Crippen LogP contribution in [0.2, 0.25) is 0 Å². The van der Waals surface area contributed by atoms with Crippen LogP contribution in [0.4, 0.5) is 0 Å². The summed E-state index contributed by atoms with van der Waals surface area (Å²) >= 11 is 3.64. The summed E-state index contributed by atoms with van der Waals surface area (Å²) in [6.45, 7) is 6.68. The van der Waals surface area contributed by atoms with Crippen molar-refractivity contribution in [2.75, 3.05) is 0 Å². The van der Waals surface area contributed by atoms with Crippen LogP contribution in [0.15, 0.2) is 22.7 Å². The second kappa shape index (κ2) is 5.53. The molecule has 17 heavy (non-hydrogen) atoms. The molecule has 2 heteroatoms. The number of halogens is 1. The number of hydrogen-bond donors (Lipinski definition) is 0. The molecule has 1 aliphatic heterocycles. The molecule has 0 bridgehead atoms. The zero-order valence-electron chi connectivity index (χ0n) is 10.9. The largest absolute Gasteiger partial charge is 0.369 e. The van der Waals surface area contributed by atoms with Gasteiger partial charge in [0.05, 0.1) is 12.2 Å². The Hall–Kier alpha value is -0.340. The highest BCUT2D eigenvalue weighted by Gasteiger charge is 2.40. The van der Waals surface area contributed by atoms with Crippen molar-refractivity contribution in [3.05, 3.63) is 33.8 Å². The minimum atomic E-state index is 0.490. The van der Waals surface area contributed by atoms with Crippen LogP contribution in [0.3, 0.4) is 0 Å². The Morgan fingerprint density at radius 1 is 1.35 bits per heavy atom. The van der Waals surface area contributed by atoms with E-state index in [9.17, 15) is 0 Å². The van der Waals surface area contributed by atoms with Gasteiger partial charge in [0.1, 0.15) is 0 Å². The predicted octanol–water partition coefficient (Wildman–Crippen LogP) is 4.37. The number of aryl methyl sites for hydroxylation is 1. The fourth-order valence-electron chi connectivity index (χ4n) is 2.48. The Labute approximate surface area is 113 Å². The summed E-state index contributed by atoms with van der Waals surface area (Å²) in [4.78, 5) is 0. The molecule has 0 saturated carbocycles. The van der Waals surface area contributed by atoms with Crippen molar-refractivity contribution in [1.82, 2.24) is 0 Å². The lowest BCUT2D eigenvalue weighted by molar-refractivity contribution is 0.322. The summed E-state index contributed by atoms with van der Waals surface area (Å²) in [6.07, 6.45) is 4.35.